The summed E-state index contributed by atoms with van der Waals surface area (Å²) < 4.78 is 21.2. The molecule has 2 aromatic rings. The lowest BCUT2D eigenvalue weighted by molar-refractivity contribution is 0.352. The third-order valence-electron chi connectivity index (χ3n) is 3.15. The highest BCUT2D eigenvalue weighted by molar-refractivity contribution is 5.91. The Morgan fingerprint density at radius 3 is 2.11 bits per heavy atom. The Morgan fingerprint density at radius 1 is 0.947 bits per heavy atom. The van der Waals surface area contributed by atoms with E-state index in [1.807, 2.05) is 6.92 Å². The van der Waals surface area contributed by atoms with Crippen molar-refractivity contribution >= 4 is 11.0 Å². The minimum atomic E-state index is -0.420. The van der Waals surface area contributed by atoms with E-state index in [0.29, 0.717) is 28.4 Å². The zero-order valence-corrected chi connectivity index (χ0v) is 11.6. The molecule has 0 N–H and O–H groups in total. The van der Waals surface area contributed by atoms with Crippen molar-refractivity contribution in [2.75, 3.05) is 21.3 Å². The lowest BCUT2D eigenvalue weighted by Crippen LogP contribution is -2.07. The van der Waals surface area contributed by atoms with Crippen LogP contribution >= 0.6 is 0 Å². The molecule has 1 heterocycles. The van der Waals surface area contributed by atoms with E-state index in [4.69, 9.17) is 18.6 Å². The van der Waals surface area contributed by atoms with Gasteiger partial charge in [-0.3, -0.25) is 0 Å². The molecule has 0 spiro atoms. The second kappa shape index (κ2) is 4.84. The number of aryl methyl sites for hydroxylation is 1. The molecule has 0 saturated heterocycles. The van der Waals surface area contributed by atoms with E-state index >= 15 is 0 Å². The van der Waals surface area contributed by atoms with Gasteiger partial charge in [0.1, 0.15) is 11.3 Å². The van der Waals surface area contributed by atoms with Gasteiger partial charge in [0.05, 0.1) is 32.3 Å². The van der Waals surface area contributed by atoms with E-state index in [1.165, 1.54) is 14.2 Å². The van der Waals surface area contributed by atoms with Crippen LogP contribution in [-0.4, -0.2) is 21.3 Å². The first kappa shape index (κ1) is 13.3. The van der Waals surface area contributed by atoms with E-state index in [1.54, 1.807) is 20.1 Å². The van der Waals surface area contributed by atoms with Gasteiger partial charge in [0, 0.05) is 11.6 Å². The molecule has 0 aliphatic carbocycles. The maximum atomic E-state index is 11.8. The maximum absolute atomic E-state index is 11.8. The third kappa shape index (κ3) is 1.91. The van der Waals surface area contributed by atoms with Crippen molar-refractivity contribution < 1.29 is 18.6 Å². The molecular formula is C14H16O5. The van der Waals surface area contributed by atoms with Crippen LogP contribution in [0.1, 0.15) is 11.1 Å². The summed E-state index contributed by atoms with van der Waals surface area (Å²) >= 11 is 0. The summed E-state index contributed by atoms with van der Waals surface area (Å²) in [7, 11) is 4.62. The highest BCUT2D eigenvalue weighted by Crippen LogP contribution is 2.40. The third-order valence-corrected chi connectivity index (χ3v) is 3.15. The van der Waals surface area contributed by atoms with Crippen LogP contribution in [0.4, 0.5) is 0 Å². The fraction of sp³-hybridized carbons (Fsp3) is 0.357. The molecular weight excluding hydrogens is 248 g/mol. The molecule has 5 heteroatoms. The van der Waals surface area contributed by atoms with E-state index in [9.17, 15) is 4.79 Å². The summed E-state index contributed by atoms with van der Waals surface area (Å²) in [6, 6.07) is 1.63. The van der Waals surface area contributed by atoms with Crippen LogP contribution in [0.15, 0.2) is 15.3 Å². The van der Waals surface area contributed by atoms with Crippen molar-refractivity contribution in [2.45, 2.75) is 13.8 Å². The van der Waals surface area contributed by atoms with Gasteiger partial charge in [-0.05, 0) is 13.8 Å². The van der Waals surface area contributed by atoms with E-state index < -0.39 is 5.63 Å². The van der Waals surface area contributed by atoms with Crippen molar-refractivity contribution in [2.24, 2.45) is 0 Å². The number of methoxy groups -OCH3 is 3. The van der Waals surface area contributed by atoms with Gasteiger partial charge in [0.15, 0.2) is 11.5 Å². The molecule has 0 aliphatic heterocycles. The monoisotopic (exact) mass is 264 g/mol. The van der Waals surface area contributed by atoms with Gasteiger partial charge in [-0.2, -0.15) is 0 Å². The number of hydrogen-bond acceptors (Lipinski definition) is 5. The van der Waals surface area contributed by atoms with Gasteiger partial charge in [-0.15, -0.1) is 0 Å². The quantitative estimate of drug-likeness (QED) is 0.797. The van der Waals surface area contributed by atoms with Gasteiger partial charge in [-0.25, -0.2) is 4.79 Å². The molecule has 5 nitrogen and oxygen atoms in total. The van der Waals surface area contributed by atoms with Crippen molar-refractivity contribution in [1.82, 2.24) is 0 Å². The predicted molar refractivity (Wildman–Crippen MR) is 71.6 cm³/mol. The fourth-order valence-electron chi connectivity index (χ4n) is 2.22. The number of benzene rings is 1. The van der Waals surface area contributed by atoms with Crippen LogP contribution < -0.4 is 19.8 Å². The summed E-state index contributed by atoms with van der Waals surface area (Å²) in [6.07, 6.45) is 0. The van der Waals surface area contributed by atoms with Crippen LogP contribution in [0.5, 0.6) is 17.2 Å². The molecule has 2 rings (SSSR count). The smallest absolute Gasteiger partial charge is 0.342 e. The molecule has 0 unspecified atom stereocenters. The summed E-state index contributed by atoms with van der Waals surface area (Å²) in [5.41, 5.74) is 1.24. The normalized spacial score (nSPS) is 10.6. The van der Waals surface area contributed by atoms with Crippen LogP contribution in [-0.2, 0) is 0 Å². The first-order valence-corrected chi connectivity index (χ1v) is 5.78. The van der Waals surface area contributed by atoms with E-state index in [2.05, 4.69) is 0 Å². The topological polar surface area (TPSA) is 57.9 Å². The van der Waals surface area contributed by atoms with Gasteiger partial charge in [-0.1, -0.05) is 0 Å². The second-order valence-electron chi connectivity index (χ2n) is 4.16. The fourth-order valence-corrected chi connectivity index (χ4v) is 2.22. The SMILES string of the molecule is COc1cc2oc(=O)c(C)c(OC)c2c(C)c1OC. The predicted octanol–water partition coefficient (Wildman–Crippen LogP) is 2.44. The molecule has 0 aliphatic rings. The minimum absolute atomic E-state index is 0.419. The lowest BCUT2D eigenvalue weighted by atomic mass is 10.1. The molecule has 0 atom stereocenters. The summed E-state index contributed by atoms with van der Waals surface area (Å²) in [4.78, 5) is 11.8. The van der Waals surface area contributed by atoms with Crippen LogP contribution in [0.3, 0.4) is 0 Å². The number of fused-ring (bicyclic) bond motifs is 1. The number of rotatable bonds is 3. The van der Waals surface area contributed by atoms with E-state index in [-0.39, 0.29) is 0 Å². The molecule has 1 aromatic heterocycles. The number of hydrogen-bond donors (Lipinski definition) is 0. The number of ether oxygens (including phenoxy) is 3. The Labute approximate surface area is 110 Å². The summed E-state index contributed by atoms with van der Waals surface area (Å²) in [6.45, 7) is 3.53. The largest absolute Gasteiger partial charge is 0.495 e. The van der Waals surface area contributed by atoms with Crippen molar-refractivity contribution in [1.29, 1.82) is 0 Å². The minimum Gasteiger partial charge on any atom is -0.495 e. The Bertz CT molecular complexity index is 685. The molecule has 0 saturated carbocycles. The summed E-state index contributed by atoms with van der Waals surface area (Å²) in [5.74, 6) is 1.62. The summed E-state index contributed by atoms with van der Waals surface area (Å²) in [5, 5.41) is 0.720. The maximum Gasteiger partial charge on any atom is 0.342 e. The van der Waals surface area contributed by atoms with Gasteiger partial charge in [0.25, 0.3) is 0 Å². The highest BCUT2D eigenvalue weighted by atomic mass is 16.5. The molecule has 0 bridgehead atoms. The second-order valence-corrected chi connectivity index (χ2v) is 4.16. The van der Waals surface area contributed by atoms with Gasteiger partial charge >= 0.3 is 5.63 Å². The van der Waals surface area contributed by atoms with Crippen molar-refractivity contribution in [3.05, 3.63) is 27.6 Å². The Kier molecular flexibility index (Phi) is 3.38. The molecule has 1 aromatic carbocycles. The first-order chi connectivity index (χ1) is 9.04. The average molecular weight is 264 g/mol. The standard InChI is InChI=1S/C14H16O5/c1-7-11-9(6-10(16-3)12(7)17-4)19-14(15)8(2)13(11)18-5/h6H,1-5H3. The molecule has 19 heavy (non-hydrogen) atoms. The molecule has 0 fully saturated rings. The van der Waals surface area contributed by atoms with Gasteiger partial charge in [0.2, 0.25) is 0 Å². The van der Waals surface area contributed by atoms with Crippen LogP contribution in [0.25, 0.3) is 11.0 Å². The van der Waals surface area contributed by atoms with Gasteiger partial charge < -0.3 is 18.6 Å². The molecule has 0 amide bonds. The van der Waals surface area contributed by atoms with Crippen LogP contribution in [0.2, 0.25) is 0 Å². The van der Waals surface area contributed by atoms with E-state index in [0.717, 1.165) is 10.9 Å². The molecule has 102 valence electrons. The Balaban J connectivity index is 3.01. The average Bonchev–Trinajstić information content (AvgIpc) is 2.40. The van der Waals surface area contributed by atoms with Crippen LogP contribution in [0, 0.1) is 13.8 Å². The Hall–Kier alpha value is -2.17. The zero-order valence-electron chi connectivity index (χ0n) is 11.6. The molecule has 0 radical (unpaired) electrons. The first-order valence-electron chi connectivity index (χ1n) is 5.78. The van der Waals surface area contributed by atoms with Crippen molar-refractivity contribution in [3.8, 4) is 17.2 Å². The lowest BCUT2D eigenvalue weighted by Gasteiger charge is -2.15. The Morgan fingerprint density at radius 2 is 1.58 bits per heavy atom. The highest BCUT2D eigenvalue weighted by Gasteiger charge is 2.19. The van der Waals surface area contributed by atoms with Crippen molar-refractivity contribution in [3.63, 3.8) is 0 Å². The zero-order chi connectivity index (χ0) is 14.2.